The van der Waals surface area contributed by atoms with Gasteiger partial charge in [-0.3, -0.25) is 4.79 Å². The summed E-state index contributed by atoms with van der Waals surface area (Å²) >= 11 is 0. The van der Waals surface area contributed by atoms with Crippen LogP contribution in [0.3, 0.4) is 0 Å². The topological polar surface area (TPSA) is 97.5 Å². The Balaban J connectivity index is 2.13. The molecule has 2 aromatic rings. The molecule has 126 valence electrons. The number of carboxylic acid groups (broad SMARTS) is 1. The van der Waals surface area contributed by atoms with Crippen molar-refractivity contribution in [1.82, 2.24) is 0 Å². The lowest BCUT2D eigenvalue weighted by molar-refractivity contribution is -0.143. The smallest absolute Gasteiger partial charge is 0.312 e. The van der Waals surface area contributed by atoms with E-state index in [1.807, 2.05) is 0 Å². The van der Waals surface area contributed by atoms with Crippen LogP contribution in [0, 0.1) is 11.2 Å². The second kappa shape index (κ2) is 5.68. The number of hydrogen-bond acceptors (Lipinski definition) is 4. The second-order valence-electron chi connectivity index (χ2n) is 5.86. The number of halogens is 1. The molecular formula is C17H16FNO4S. The molecule has 1 fully saturated rings. The Kier molecular flexibility index (Phi) is 3.93. The molecule has 0 amide bonds. The maximum absolute atomic E-state index is 13.5. The molecule has 3 rings (SSSR count). The normalized spacial score (nSPS) is 26.1. The summed E-state index contributed by atoms with van der Waals surface area (Å²) in [6, 6.07) is 13.0. The van der Waals surface area contributed by atoms with Crippen LogP contribution < -0.4 is 5.73 Å². The van der Waals surface area contributed by atoms with Crippen LogP contribution in [0.1, 0.15) is 11.5 Å². The van der Waals surface area contributed by atoms with Crippen molar-refractivity contribution >= 4 is 15.8 Å². The maximum Gasteiger partial charge on any atom is 0.312 e. The molecule has 0 bridgehead atoms. The Morgan fingerprint density at radius 2 is 1.83 bits per heavy atom. The zero-order chi connectivity index (χ0) is 17.5. The molecule has 1 saturated carbocycles. The van der Waals surface area contributed by atoms with E-state index in [1.54, 1.807) is 18.2 Å². The van der Waals surface area contributed by atoms with Crippen LogP contribution in [-0.2, 0) is 14.6 Å². The van der Waals surface area contributed by atoms with E-state index in [4.69, 9.17) is 5.73 Å². The van der Waals surface area contributed by atoms with Crippen molar-refractivity contribution in [2.45, 2.75) is 16.1 Å². The van der Waals surface area contributed by atoms with Gasteiger partial charge in [-0.25, -0.2) is 12.8 Å². The van der Waals surface area contributed by atoms with Crippen LogP contribution in [0.4, 0.5) is 4.39 Å². The summed E-state index contributed by atoms with van der Waals surface area (Å²) in [7, 11) is -3.92. The van der Waals surface area contributed by atoms with Crippen molar-refractivity contribution in [3.05, 3.63) is 66.0 Å². The van der Waals surface area contributed by atoms with Gasteiger partial charge in [0.15, 0.2) is 9.84 Å². The third kappa shape index (κ3) is 2.32. The highest BCUT2D eigenvalue weighted by Crippen LogP contribution is 2.63. The monoisotopic (exact) mass is 349 g/mol. The van der Waals surface area contributed by atoms with E-state index in [2.05, 4.69) is 0 Å². The lowest BCUT2D eigenvalue weighted by atomic mass is 9.99. The molecule has 0 heterocycles. The first kappa shape index (κ1) is 16.6. The summed E-state index contributed by atoms with van der Waals surface area (Å²) in [5.41, 5.74) is 4.34. The summed E-state index contributed by atoms with van der Waals surface area (Å²) in [6.45, 7) is -0.347. The average Bonchev–Trinajstić information content (AvgIpc) is 3.27. The third-order valence-electron chi connectivity index (χ3n) is 4.61. The number of benzene rings is 2. The number of rotatable bonds is 5. The molecule has 0 unspecified atom stereocenters. The quantitative estimate of drug-likeness (QED) is 0.858. The van der Waals surface area contributed by atoms with Crippen molar-refractivity contribution in [3.8, 4) is 0 Å². The van der Waals surface area contributed by atoms with Crippen molar-refractivity contribution in [2.24, 2.45) is 11.1 Å². The van der Waals surface area contributed by atoms with Gasteiger partial charge in [0.05, 0.1) is 10.1 Å². The van der Waals surface area contributed by atoms with Crippen LogP contribution in [0.5, 0.6) is 0 Å². The molecule has 0 aliphatic heterocycles. The Morgan fingerprint density at radius 1 is 1.17 bits per heavy atom. The highest BCUT2D eigenvalue weighted by atomic mass is 32.2. The molecule has 0 spiro atoms. The number of aliphatic carboxylic acids is 1. The molecule has 2 aromatic carbocycles. The maximum atomic E-state index is 13.5. The SMILES string of the molecule is NC[C@]1(C(=O)O)[C@H](c2cccc(F)c2)[C@H]1S(=O)(=O)c1ccccc1. The molecule has 7 heteroatoms. The largest absolute Gasteiger partial charge is 0.481 e. The third-order valence-corrected chi connectivity index (χ3v) is 6.90. The summed E-state index contributed by atoms with van der Waals surface area (Å²) in [5.74, 6) is -2.73. The standard InChI is InChI=1S/C17H16FNO4S/c18-12-6-4-5-11(9-12)14-15(17(14,10-19)16(20)21)24(22,23)13-7-2-1-3-8-13/h1-9,14-15H,10,19H2,(H,20,21)/t14-,15-,17+/m1/s1. The van der Waals surface area contributed by atoms with E-state index in [0.29, 0.717) is 5.56 Å². The Labute approximate surface area is 138 Å². The second-order valence-corrected chi connectivity index (χ2v) is 7.93. The number of carbonyl (C=O) groups is 1. The summed E-state index contributed by atoms with van der Waals surface area (Å²) < 4.78 is 39.4. The van der Waals surface area contributed by atoms with E-state index in [9.17, 15) is 22.7 Å². The predicted molar refractivity (Wildman–Crippen MR) is 85.7 cm³/mol. The summed E-state index contributed by atoms with van der Waals surface area (Å²) in [6.07, 6.45) is 0. The minimum Gasteiger partial charge on any atom is -0.481 e. The van der Waals surface area contributed by atoms with Gasteiger partial charge in [0, 0.05) is 12.5 Å². The molecule has 1 aliphatic carbocycles. The van der Waals surface area contributed by atoms with Crippen molar-refractivity contribution in [2.75, 3.05) is 6.54 Å². The van der Waals surface area contributed by atoms with Gasteiger partial charge in [-0.1, -0.05) is 30.3 Å². The van der Waals surface area contributed by atoms with Crippen LogP contribution in [0.25, 0.3) is 0 Å². The Hall–Kier alpha value is -2.25. The zero-order valence-electron chi connectivity index (χ0n) is 12.6. The van der Waals surface area contributed by atoms with Crippen LogP contribution in [0.2, 0.25) is 0 Å². The van der Waals surface area contributed by atoms with Gasteiger partial charge in [-0.2, -0.15) is 0 Å². The molecule has 1 aliphatic rings. The fourth-order valence-corrected chi connectivity index (χ4v) is 5.78. The summed E-state index contributed by atoms with van der Waals surface area (Å²) in [5, 5.41) is 8.42. The number of carboxylic acids is 1. The van der Waals surface area contributed by atoms with Gasteiger partial charge in [0.2, 0.25) is 0 Å². The molecule has 5 nitrogen and oxygen atoms in total. The number of hydrogen-bond donors (Lipinski definition) is 2. The van der Waals surface area contributed by atoms with Gasteiger partial charge in [-0.05, 0) is 29.8 Å². The first-order valence-corrected chi connectivity index (χ1v) is 8.88. The average molecular weight is 349 g/mol. The zero-order valence-corrected chi connectivity index (χ0v) is 13.4. The highest BCUT2D eigenvalue weighted by molar-refractivity contribution is 7.92. The summed E-state index contributed by atoms with van der Waals surface area (Å²) in [4.78, 5) is 11.9. The van der Waals surface area contributed by atoms with Crippen molar-refractivity contribution in [1.29, 1.82) is 0 Å². The van der Waals surface area contributed by atoms with Gasteiger partial charge < -0.3 is 10.8 Å². The van der Waals surface area contributed by atoms with E-state index in [0.717, 1.165) is 0 Å². The number of nitrogens with two attached hydrogens (primary N) is 1. The fraction of sp³-hybridized carbons (Fsp3) is 0.235. The van der Waals surface area contributed by atoms with Gasteiger partial charge in [0.1, 0.15) is 11.2 Å². The van der Waals surface area contributed by atoms with Crippen LogP contribution in [-0.4, -0.2) is 31.3 Å². The van der Waals surface area contributed by atoms with Crippen LogP contribution in [0.15, 0.2) is 59.5 Å². The lowest BCUT2D eigenvalue weighted by Crippen LogP contribution is -2.31. The predicted octanol–water partition coefficient (Wildman–Crippen LogP) is 1.80. The Morgan fingerprint density at radius 3 is 2.38 bits per heavy atom. The van der Waals surface area contributed by atoms with Gasteiger partial charge >= 0.3 is 5.97 Å². The number of sulfone groups is 1. The lowest BCUT2D eigenvalue weighted by Gasteiger charge is -2.10. The van der Waals surface area contributed by atoms with E-state index in [-0.39, 0.29) is 11.4 Å². The van der Waals surface area contributed by atoms with Crippen molar-refractivity contribution < 1.29 is 22.7 Å². The first-order chi connectivity index (χ1) is 11.4. The fourth-order valence-electron chi connectivity index (χ4n) is 3.37. The molecule has 24 heavy (non-hydrogen) atoms. The minimum atomic E-state index is -3.92. The van der Waals surface area contributed by atoms with E-state index < -0.39 is 38.2 Å². The van der Waals surface area contributed by atoms with Gasteiger partial charge in [-0.15, -0.1) is 0 Å². The molecule has 0 radical (unpaired) electrons. The molecular weight excluding hydrogens is 333 g/mol. The molecule has 3 atom stereocenters. The van der Waals surface area contributed by atoms with Crippen molar-refractivity contribution in [3.63, 3.8) is 0 Å². The van der Waals surface area contributed by atoms with Crippen LogP contribution >= 0.6 is 0 Å². The first-order valence-electron chi connectivity index (χ1n) is 7.33. The van der Waals surface area contributed by atoms with E-state index in [1.165, 1.54) is 36.4 Å². The Bertz CT molecular complexity index is 884. The highest BCUT2D eigenvalue weighted by Gasteiger charge is 2.75. The molecule has 3 N–H and O–H groups in total. The molecule has 0 saturated heterocycles. The van der Waals surface area contributed by atoms with E-state index >= 15 is 0 Å². The minimum absolute atomic E-state index is 0.0352. The molecule has 0 aromatic heterocycles. The van der Waals surface area contributed by atoms with Gasteiger partial charge in [0.25, 0.3) is 0 Å².